The molecule has 0 saturated carbocycles. The molecule has 3 heterocycles. The lowest BCUT2D eigenvalue weighted by atomic mass is 9.84. The molecule has 158 valence electrons. The van der Waals surface area contributed by atoms with Crippen LogP contribution in [0.3, 0.4) is 0 Å². The molecule has 2 aromatic heterocycles. The highest BCUT2D eigenvalue weighted by atomic mass is 19.1. The minimum atomic E-state index is -2.11. The number of hydrogen-bond donors (Lipinski definition) is 1. The second kappa shape index (κ2) is 7.42. The van der Waals surface area contributed by atoms with E-state index in [4.69, 9.17) is 5.73 Å². The number of likely N-dealkylation sites (N-methyl/N-ethyl adjacent to an activating group) is 1. The molecule has 2 N–H and O–H groups in total. The van der Waals surface area contributed by atoms with E-state index < -0.39 is 35.8 Å². The van der Waals surface area contributed by atoms with Gasteiger partial charge in [0.1, 0.15) is 18.3 Å². The fraction of sp³-hybridized carbons (Fsp3) is 0.150. The normalized spacial score (nSPS) is 18.4. The number of hydrogen-bond acceptors (Lipinski definition) is 6. The van der Waals surface area contributed by atoms with E-state index in [1.807, 2.05) is 0 Å². The third-order valence-electron chi connectivity index (χ3n) is 4.93. The molecule has 31 heavy (non-hydrogen) atoms. The van der Waals surface area contributed by atoms with Gasteiger partial charge in [-0.2, -0.15) is 4.39 Å². The van der Waals surface area contributed by atoms with Gasteiger partial charge in [-0.05, 0) is 18.2 Å². The van der Waals surface area contributed by atoms with Crippen LogP contribution in [-0.2, 0) is 17.0 Å². The second-order valence-electron chi connectivity index (χ2n) is 6.75. The van der Waals surface area contributed by atoms with Gasteiger partial charge in [0, 0.05) is 42.2 Å². The highest BCUT2D eigenvalue weighted by Gasteiger charge is 2.52. The Balaban J connectivity index is 2.02. The van der Waals surface area contributed by atoms with Crippen LogP contribution in [0.1, 0.15) is 17.0 Å². The van der Waals surface area contributed by atoms with Crippen LogP contribution >= 0.6 is 0 Å². The zero-order valence-corrected chi connectivity index (χ0v) is 16.0. The number of nitrogens with two attached hydrogens (primary N) is 1. The predicted octanol–water partition coefficient (Wildman–Crippen LogP) is 2.46. The molecule has 0 radical (unpaired) electrons. The fourth-order valence-corrected chi connectivity index (χ4v) is 3.38. The van der Waals surface area contributed by atoms with Crippen LogP contribution in [-0.4, -0.2) is 38.8 Å². The summed E-state index contributed by atoms with van der Waals surface area (Å²) >= 11 is 0. The van der Waals surface area contributed by atoms with Gasteiger partial charge in [-0.15, -0.1) is 0 Å². The fourth-order valence-electron chi connectivity index (χ4n) is 3.38. The van der Waals surface area contributed by atoms with Crippen LogP contribution in [0, 0.1) is 17.7 Å². The summed E-state index contributed by atoms with van der Waals surface area (Å²) in [6, 6.07) is 5.80. The van der Waals surface area contributed by atoms with Crippen molar-refractivity contribution in [3.63, 3.8) is 0 Å². The standard InChI is InChI=1S/C20H14F4N6O/c1-30-17(31)20(29-19(30)25,16-4-2-3-11(7-21)28-16)13-5-12(14(22)6-15(13)23)10-8-26-18(24)27-9-10/h2-6,8-9H,7H2,1H3,(H2,25,29). The van der Waals surface area contributed by atoms with E-state index in [1.54, 1.807) is 0 Å². The quantitative estimate of drug-likeness (QED) is 0.507. The number of alkyl halides is 1. The Morgan fingerprint density at radius 2 is 1.81 bits per heavy atom. The Labute approximate surface area is 173 Å². The first-order valence-electron chi connectivity index (χ1n) is 8.91. The average Bonchev–Trinajstić information content (AvgIpc) is 2.99. The molecular weight excluding hydrogens is 416 g/mol. The first-order chi connectivity index (χ1) is 14.8. The lowest BCUT2D eigenvalue weighted by Crippen LogP contribution is -2.42. The number of aliphatic imine (C=N–C) groups is 1. The number of amides is 1. The maximum atomic E-state index is 15.1. The number of carbonyl (C=O) groups excluding carboxylic acids is 1. The summed E-state index contributed by atoms with van der Waals surface area (Å²) < 4.78 is 56.0. The predicted molar refractivity (Wildman–Crippen MR) is 102 cm³/mol. The number of aromatic nitrogens is 3. The van der Waals surface area contributed by atoms with Crippen molar-refractivity contribution in [1.82, 2.24) is 19.9 Å². The van der Waals surface area contributed by atoms with Crippen LogP contribution < -0.4 is 5.73 Å². The van der Waals surface area contributed by atoms with Gasteiger partial charge in [0.25, 0.3) is 5.91 Å². The molecule has 11 heteroatoms. The van der Waals surface area contributed by atoms with Crippen molar-refractivity contribution in [3.05, 3.63) is 77.4 Å². The molecule has 0 fully saturated rings. The Bertz CT molecular complexity index is 1220. The Hall–Kier alpha value is -3.89. The monoisotopic (exact) mass is 430 g/mol. The molecule has 0 spiro atoms. The van der Waals surface area contributed by atoms with Crippen molar-refractivity contribution < 1.29 is 22.4 Å². The largest absolute Gasteiger partial charge is 0.369 e. The molecule has 1 aliphatic heterocycles. The number of halogens is 4. The van der Waals surface area contributed by atoms with Gasteiger partial charge in [-0.1, -0.05) is 6.07 Å². The average molecular weight is 430 g/mol. The van der Waals surface area contributed by atoms with Gasteiger partial charge in [0.15, 0.2) is 5.96 Å². The van der Waals surface area contributed by atoms with Gasteiger partial charge in [-0.3, -0.25) is 14.7 Å². The summed E-state index contributed by atoms with van der Waals surface area (Å²) in [5.74, 6) is -3.09. The highest BCUT2D eigenvalue weighted by molar-refractivity contribution is 6.08. The molecule has 4 rings (SSSR count). The van der Waals surface area contributed by atoms with Crippen LogP contribution in [0.2, 0.25) is 0 Å². The van der Waals surface area contributed by atoms with Gasteiger partial charge < -0.3 is 5.73 Å². The molecule has 1 aliphatic rings. The lowest BCUT2D eigenvalue weighted by Gasteiger charge is -2.26. The van der Waals surface area contributed by atoms with Crippen molar-refractivity contribution in [2.45, 2.75) is 12.2 Å². The molecule has 1 unspecified atom stereocenters. The summed E-state index contributed by atoms with van der Waals surface area (Å²) in [7, 11) is 1.33. The van der Waals surface area contributed by atoms with Gasteiger partial charge >= 0.3 is 6.08 Å². The number of rotatable bonds is 4. The Kier molecular flexibility index (Phi) is 4.88. The van der Waals surface area contributed by atoms with Crippen molar-refractivity contribution in [1.29, 1.82) is 0 Å². The number of benzene rings is 1. The number of guanidine groups is 1. The van der Waals surface area contributed by atoms with E-state index in [0.717, 1.165) is 23.4 Å². The number of carbonyl (C=O) groups is 1. The van der Waals surface area contributed by atoms with E-state index in [1.165, 1.54) is 25.2 Å². The Morgan fingerprint density at radius 3 is 2.42 bits per heavy atom. The van der Waals surface area contributed by atoms with Gasteiger partial charge in [-0.25, -0.2) is 28.1 Å². The van der Waals surface area contributed by atoms with Crippen LogP contribution in [0.4, 0.5) is 17.6 Å². The molecule has 1 aromatic carbocycles. The molecule has 0 saturated heterocycles. The van der Waals surface area contributed by atoms with Crippen LogP contribution in [0.25, 0.3) is 11.1 Å². The molecule has 3 aromatic rings. The summed E-state index contributed by atoms with van der Waals surface area (Å²) in [6.45, 7) is -0.933. The minimum absolute atomic E-state index is 0.0114. The highest BCUT2D eigenvalue weighted by Crippen LogP contribution is 2.41. The minimum Gasteiger partial charge on any atom is -0.369 e. The van der Waals surface area contributed by atoms with Gasteiger partial charge in [0.2, 0.25) is 5.54 Å². The first kappa shape index (κ1) is 20.4. The zero-order chi connectivity index (χ0) is 22.3. The van der Waals surface area contributed by atoms with E-state index in [-0.39, 0.29) is 34.0 Å². The molecule has 7 nitrogen and oxygen atoms in total. The van der Waals surface area contributed by atoms with E-state index >= 15 is 4.39 Å². The van der Waals surface area contributed by atoms with Crippen molar-refractivity contribution >= 4 is 11.9 Å². The third kappa shape index (κ3) is 3.18. The molecule has 1 atom stereocenters. The second-order valence-corrected chi connectivity index (χ2v) is 6.75. The molecule has 1 amide bonds. The number of pyridine rings is 1. The van der Waals surface area contributed by atoms with Crippen LogP contribution in [0.15, 0.2) is 47.7 Å². The van der Waals surface area contributed by atoms with E-state index in [2.05, 4.69) is 19.9 Å². The van der Waals surface area contributed by atoms with Crippen molar-refractivity contribution in [3.8, 4) is 11.1 Å². The molecular formula is C20H14F4N6O. The third-order valence-corrected chi connectivity index (χ3v) is 4.93. The summed E-state index contributed by atoms with van der Waals surface area (Å²) in [4.78, 5) is 29.2. The van der Waals surface area contributed by atoms with E-state index in [0.29, 0.717) is 6.07 Å². The van der Waals surface area contributed by atoms with E-state index in [9.17, 15) is 18.0 Å². The molecule has 0 aliphatic carbocycles. The van der Waals surface area contributed by atoms with Gasteiger partial charge in [0.05, 0.1) is 11.4 Å². The Morgan fingerprint density at radius 1 is 1.10 bits per heavy atom. The smallest absolute Gasteiger partial charge is 0.308 e. The number of nitrogens with zero attached hydrogens (tertiary/aromatic N) is 5. The maximum absolute atomic E-state index is 15.1. The SMILES string of the molecule is CN1C(=O)C(c2cccc(CF)n2)(c2cc(-c3cnc(F)nc3)c(F)cc2F)N=C1N. The van der Waals surface area contributed by atoms with Crippen molar-refractivity contribution in [2.75, 3.05) is 7.05 Å². The zero-order valence-electron chi connectivity index (χ0n) is 16.0. The summed E-state index contributed by atoms with van der Waals surface area (Å²) in [6.07, 6.45) is 0.995. The maximum Gasteiger partial charge on any atom is 0.308 e. The lowest BCUT2D eigenvalue weighted by molar-refractivity contribution is -0.129. The van der Waals surface area contributed by atoms with Crippen LogP contribution in [0.5, 0.6) is 0 Å². The molecule has 0 bridgehead atoms. The topological polar surface area (TPSA) is 97.4 Å². The van der Waals surface area contributed by atoms with Crippen molar-refractivity contribution in [2.24, 2.45) is 10.7 Å². The first-order valence-corrected chi connectivity index (χ1v) is 8.91. The summed E-state index contributed by atoms with van der Waals surface area (Å²) in [5.41, 5.74) is 3.09. The summed E-state index contributed by atoms with van der Waals surface area (Å²) in [5, 5.41) is 0.